The van der Waals surface area contributed by atoms with Crippen LogP contribution in [0.1, 0.15) is 5.56 Å². The maximum absolute atomic E-state index is 5.73. The minimum atomic E-state index is 0.460. The molecule has 0 saturated carbocycles. The number of benzene rings is 1. The Labute approximate surface area is 110 Å². The van der Waals surface area contributed by atoms with Gasteiger partial charge in [-0.2, -0.15) is 0 Å². The van der Waals surface area contributed by atoms with E-state index in [1.807, 2.05) is 36.5 Å². The highest BCUT2D eigenvalue weighted by atomic mass is 16.5. The second kappa shape index (κ2) is 4.97. The van der Waals surface area contributed by atoms with Gasteiger partial charge >= 0.3 is 0 Å². The second-order valence-electron chi connectivity index (χ2n) is 4.06. The molecule has 5 nitrogen and oxygen atoms in total. The topological polar surface area (TPSA) is 60.0 Å². The van der Waals surface area contributed by atoms with Crippen LogP contribution in [0.5, 0.6) is 11.6 Å². The lowest BCUT2D eigenvalue weighted by atomic mass is 10.2. The molecule has 0 bridgehead atoms. The summed E-state index contributed by atoms with van der Waals surface area (Å²) >= 11 is 0. The normalized spacial score (nSPS) is 10.6. The van der Waals surface area contributed by atoms with E-state index in [4.69, 9.17) is 9.47 Å². The highest BCUT2D eigenvalue weighted by molar-refractivity contribution is 5.80. The fourth-order valence-corrected chi connectivity index (χ4v) is 1.84. The van der Waals surface area contributed by atoms with E-state index in [0.717, 1.165) is 22.3 Å². The molecular formula is C14H13N3O2. The molecule has 0 saturated heterocycles. The summed E-state index contributed by atoms with van der Waals surface area (Å²) in [4.78, 5) is 11.3. The number of nitrogens with zero attached hydrogens (tertiary/aromatic N) is 2. The summed E-state index contributed by atoms with van der Waals surface area (Å²) in [6.45, 7) is 0.460. The van der Waals surface area contributed by atoms with Crippen LogP contribution in [0.15, 0.2) is 42.9 Å². The quantitative estimate of drug-likeness (QED) is 0.778. The number of nitrogens with one attached hydrogen (secondary N) is 1. The van der Waals surface area contributed by atoms with Crippen LogP contribution in [-0.2, 0) is 6.61 Å². The molecule has 0 aliphatic carbocycles. The smallest absolute Gasteiger partial charge is 0.226 e. The minimum absolute atomic E-state index is 0.460. The summed E-state index contributed by atoms with van der Waals surface area (Å²) in [5.74, 6) is 1.42. The van der Waals surface area contributed by atoms with Gasteiger partial charge in [0.25, 0.3) is 0 Å². The molecule has 96 valence electrons. The minimum Gasteiger partial charge on any atom is -0.497 e. The van der Waals surface area contributed by atoms with E-state index in [1.165, 1.54) is 6.33 Å². The number of rotatable bonds is 4. The molecule has 1 aromatic carbocycles. The van der Waals surface area contributed by atoms with Crippen molar-refractivity contribution in [2.75, 3.05) is 7.11 Å². The third-order valence-electron chi connectivity index (χ3n) is 2.85. The molecular weight excluding hydrogens is 242 g/mol. The number of aromatic amines is 1. The average molecular weight is 255 g/mol. The Hall–Kier alpha value is -2.56. The van der Waals surface area contributed by atoms with E-state index in [0.29, 0.717) is 12.5 Å². The Balaban J connectivity index is 1.76. The zero-order chi connectivity index (χ0) is 13.1. The first-order chi connectivity index (χ1) is 9.36. The largest absolute Gasteiger partial charge is 0.497 e. The molecule has 0 fully saturated rings. The van der Waals surface area contributed by atoms with Crippen molar-refractivity contribution in [3.63, 3.8) is 0 Å². The van der Waals surface area contributed by atoms with Gasteiger partial charge in [0.05, 0.1) is 12.5 Å². The van der Waals surface area contributed by atoms with Crippen molar-refractivity contribution in [2.24, 2.45) is 0 Å². The predicted molar refractivity (Wildman–Crippen MR) is 71.2 cm³/mol. The maximum Gasteiger partial charge on any atom is 0.226 e. The van der Waals surface area contributed by atoms with E-state index < -0.39 is 0 Å². The zero-order valence-electron chi connectivity index (χ0n) is 10.5. The first-order valence-corrected chi connectivity index (χ1v) is 5.90. The molecule has 0 aliphatic heterocycles. The Morgan fingerprint density at radius 1 is 1.11 bits per heavy atom. The second-order valence-corrected chi connectivity index (χ2v) is 4.06. The number of fused-ring (bicyclic) bond motifs is 1. The molecule has 0 spiro atoms. The molecule has 3 aromatic rings. The number of ether oxygens (including phenoxy) is 2. The van der Waals surface area contributed by atoms with Crippen LogP contribution in [0.2, 0.25) is 0 Å². The Morgan fingerprint density at radius 2 is 1.95 bits per heavy atom. The highest BCUT2D eigenvalue weighted by Crippen LogP contribution is 2.21. The molecule has 5 heteroatoms. The molecule has 0 radical (unpaired) electrons. The van der Waals surface area contributed by atoms with Gasteiger partial charge in [-0.1, -0.05) is 12.1 Å². The van der Waals surface area contributed by atoms with Gasteiger partial charge in [-0.05, 0) is 23.8 Å². The van der Waals surface area contributed by atoms with Gasteiger partial charge in [0.1, 0.15) is 24.3 Å². The van der Waals surface area contributed by atoms with Crippen molar-refractivity contribution in [2.45, 2.75) is 6.61 Å². The van der Waals surface area contributed by atoms with Gasteiger partial charge in [0.15, 0.2) is 0 Å². The molecule has 2 heterocycles. The van der Waals surface area contributed by atoms with Gasteiger partial charge in [-0.25, -0.2) is 9.97 Å². The first kappa shape index (κ1) is 11.5. The van der Waals surface area contributed by atoms with Crippen molar-refractivity contribution >= 4 is 11.0 Å². The third kappa shape index (κ3) is 2.35. The van der Waals surface area contributed by atoms with Crippen LogP contribution < -0.4 is 9.47 Å². The fourth-order valence-electron chi connectivity index (χ4n) is 1.84. The molecule has 2 aromatic heterocycles. The lowest BCUT2D eigenvalue weighted by Gasteiger charge is -2.06. The van der Waals surface area contributed by atoms with Crippen molar-refractivity contribution in [3.8, 4) is 11.6 Å². The lowest BCUT2D eigenvalue weighted by molar-refractivity contribution is 0.297. The van der Waals surface area contributed by atoms with E-state index in [2.05, 4.69) is 15.0 Å². The molecule has 0 amide bonds. The molecule has 3 rings (SSSR count). The van der Waals surface area contributed by atoms with E-state index >= 15 is 0 Å². The number of aromatic nitrogens is 3. The maximum atomic E-state index is 5.73. The SMILES string of the molecule is COc1ccc(COc2ncnc3[nH]ccc23)cc1. The third-order valence-corrected chi connectivity index (χ3v) is 2.85. The zero-order valence-corrected chi connectivity index (χ0v) is 10.5. The highest BCUT2D eigenvalue weighted by Gasteiger charge is 2.05. The first-order valence-electron chi connectivity index (χ1n) is 5.90. The summed E-state index contributed by atoms with van der Waals surface area (Å²) in [5.41, 5.74) is 1.84. The van der Waals surface area contributed by atoms with Crippen molar-refractivity contribution in [3.05, 3.63) is 48.4 Å². The van der Waals surface area contributed by atoms with Crippen LogP contribution >= 0.6 is 0 Å². The molecule has 1 N–H and O–H groups in total. The van der Waals surface area contributed by atoms with E-state index in [9.17, 15) is 0 Å². The summed E-state index contributed by atoms with van der Waals surface area (Å²) in [5, 5.41) is 0.885. The number of methoxy groups -OCH3 is 1. The van der Waals surface area contributed by atoms with Gasteiger partial charge in [-0.15, -0.1) is 0 Å². The van der Waals surface area contributed by atoms with Crippen LogP contribution in [0, 0.1) is 0 Å². The van der Waals surface area contributed by atoms with Gasteiger partial charge in [0.2, 0.25) is 5.88 Å². The predicted octanol–water partition coefficient (Wildman–Crippen LogP) is 2.55. The average Bonchev–Trinajstić information content (AvgIpc) is 2.94. The Bertz CT molecular complexity index is 676. The lowest BCUT2D eigenvalue weighted by Crippen LogP contribution is -1.98. The van der Waals surface area contributed by atoms with E-state index in [1.54, 1.807) is 7.11 Å². The summed E-state index contributed by atoms with van der Waals surface area (Å²) in [6, 6.07) is 9.65. The van der Waals surface area contributed by atoms with Gasteiger partial charge in [-0.3, -0.25) is 0 Å². The number of H-pyrrole nitrogens is 1. The monoisotopic (exact) mass is 255 g/mol. The standard InChI is InChI=1S/C14H13N3O2/c1-18-11-4-2-10(3-5-11)8-19-14-12-6-7-15-13(12)16-9-17-14/h2-7,9H,8H2,1H3,(H,15,16,17). The van der Waals surface area contributed by atoms with Crippen molar-refractivity contribution < 1.29 is 9.47 Å². The van der Waals surface area contributed by atoms with Crippen molar-refractivity contribution in [1.82, 2.24) is 15.0 Å². The Kier molecular flexibility index (Phi) is 3.02. The number of hydrogen-bond acceptors (Lipinski definition) is 4. The van der Waals surface area contributed by atoms with Crippen LogP contribution in [0.3, 0.4) is 0 Å². The van der Waals surface area contributed by atoms with E-state index in [-0.39, 0.29) is 0 Å². The number of hydrogen-bond donors (Lipinski definition) is 1. The summed E-state index contributed by atoms with van der Waals surface area (Å²) < 4.78 is 10.8. The van der Waals surface area contributed by atoms with Gasteiger partial charge in [0, 0.05) is 6.20 Å². The summed E-state index contributed by atoms with van der Waals surface area (Å²) in [6.07, 6.45) is 3.31. The van der Waals surface area contributed by atoms with Crippen LogP contribution in [0.25, 0.3) is 11.0 Å². The fraction of sp³-hybridized carbons (Fsp3) is 0.143. The molecule has 0 aliphatic rings. The molecule has 0 atom stereocenters. The molecule has 19 heavy (non-hydrogen) atoms. The molecule has 0 unspecified atom stereocenters. The van der Waals surface area contributed by atoms with Gasteiger partial charge < -0.3 is 14.5 Å². The summed E-state index contributed by atoms with van der Waals surface area (Å²) in [7, 11) is 1.65. The van der Waals surface area contributed by atoms with Crippen LogP contribution in [-0.4, -0.2) is 22.1 Å². The van der Waals surface area contributed by atoms with Crippen LogP contribution in [0.4, 0.5) is 0 Å². The van der Waals surface area contributed by atoms with Crippen molar-refractivity contribution in [1.29, 1.82) is 0 Å². The Morgan fingerprint density at radius 3 is 2.74 bits per heavy atom.